The van der Waals surface area contributed by atoms with Crippen LogP contribution in [0.3, 0.4) is 0 Å². The summed E-state index contributed by atoms with van der Waals surface area (Å²) in [4.78, 5) is 23.3. The topological polar surface area (TPSA) is 75.7 Å². The zero-order valence-corrected chi connectivity index (χ0v) is 14.2. The van der Waals surface area contributed by atoms with Crippen molar-refractivity contribution in [2.45, 2.75) is 13.8 Å². The van der Waals surface area contributed by atoms with E-state index in [0.717, 1.165) is 0 Å². The van der Waals surface area contributed by atoms with E-state index in [-0.39, 0.29) is 11.3 Å². The summed E-state index contributed by atoms with van der Waals surface area (Å²) in [6.45, 7) is 4.67. The molecule has 2 aromatic rings. The highest BCUT2D eigenvalue weighted by Crippen LogP contribution is 2.25. The van der Waals surface area contributed by atoms with E-state index in [4.69, 9.17) is 9.47 Å². The fourth-order valence-corrected chi connectivity index (χ4v) is 2.23. The van der Waals surface area contributed by atoms with Crippen molar-refractivity contribution in [2.24, 2.45) is 0 Å². The van der Waals surface area contributed by atoms with Crippen LogP contribution >= 0.6 is 0 Å². The van der Waals surface area contributed by atoms with Crippen molar-refractivity contribution in [3.63, 3.8) is 0 Å². The van der Waals surface area contributed by atoms with Gasteiger partial charge >= 0.3 is 0 Å². The van der Waals surface area contributed by atoms with Gasteiger partial charge in [-0.15, -0.1) is 0 Å². The van der Waals surface area contributed by atoms with E-state index < -0.39 is 5.97 Å². The van der Waals surface area contributed by atoms with E-state index in [1.54, 1.807) is 36.4 Å². The molecule has 0 aliphatic heterocycles. The van der Waals surface area contributed by atoms with Crippen LogP contribution < -0.4 is 14.6 Å². The van der Waals surface area contributed by atoms with E-state index in [0.29, 0.717) is 35.8 Å². The molecule has 0 atom stereocenters. The number of allylic oxidation sites excluding steroid dienone is 1. The molecule has 0 aliphatic carbocycles. The van der Waals surface area contributed by atoms with Crippen LogP contribution in [0.4, 0.5) is 0 Å². The molecule has 0 aromatic heterocycles. The predicted octanol–water partition coefficient (Wildman–Crippen LogP) is 2.74. The van der Waals surface area contributed by atoms with Crippen LogP contribution in [-0.2, 0) is 0 Å². The van der Waals surface area contributed by atoms with Gasteiger partial charge in [0.25, 0.3) is 0 Å². The van der Waals surface area contributed by atoms with Gasteiger partial charge in [-0.25, -0.2) is 0 Å². The Morgan fingerprint density at radius 3 is 2.28 bits per heavy atom. The molecule has 0 aliphatic rings. The number of benzene rings is 2. The standard InChI is InChI=1S/C20H20O5/c1-3-24-16-10-12-19(25-4-2)17(13-16)18(21)11-7-14-5-8-15(9-6-14)20(22)23/h5-13H,3-4H2,1-2H3,(H,22,23)/p-1/b11-7+. The quantitative estimate of drug-likeness (QED) is 0.546. The maximum absolute atomic E-state index is 12.5. The molecule has 0 spiro atoms. The second-order valence-electron chi connectivity index (χ2n) is 5.13. The van der Waals surface area contributed by atoms with Crippen LogP contribution in [0.5, 0.6) is 11.5 Å². The van der Waals surface area contributed by atoms with Gasteiger partial charge < -0.3 is 19.4 Å². The van der Waals surface area contributed by atoms with E-state index in [9.17, 15) is 14.7 Å². The van der Waals surface area contributed by atoms with Crippen LogP contribution in [0.2, 0.25) is 0 Å². The average Bonchev–Trinajstić information content (AvgIpc) is 2.61. The molecule has 130 valence electrons. The lowest BCUT2D eigenvalue weighted by Crippen LogP contribution is -2.21. The van der Waals surface area contributed by atoms with Gasteiger partial charge in [0.2, 0.25) is 0 Å². The van der Waals surface area contributed by atoms with Gasteiger partial charge in [0.1, 0.15) is 11.5 Å². The number of aromatic carboxylic acids is 1. The monoisotopic (exact) mass is 339 g/mol. The lowest BCUT2D eigenvalue weighted by molar-refractivity contribution is -0.255. The largest absolute Gasteiger partial charge is 0.545 e. The van der Waals surface area contributed by atoms with Gasteiger partial charge in [0, 0.05) is 0 Å². The number of hydrogen-bond acceptors (Lipinski definition) is 5. The maximum atomic E-state index is 12.5. The first-order chi connectivity index (χ1) is 12.0. The molecule has 5 heteroatoms. The predicted molar refractivity (Wildman–Crippen MR) is 92.9 cm³/mol. The molecule has 0 unspecified atom stereocenters. The summed E-state index contributed by atoms with van der Waals surface area (Å²) in [6, 6.07) is 11.2. The Balaban J connectivity index is 2.23. The van der Waals surface area contributed by atoms with Crippen LogP contribution in [0.25, 0.3) is 6.08 Å². The smallest absolute Gasteiger partial charge is 0.189 e. The molecule has 0 saturated carbocycles. The lowest BCUT2D eigenvalue weighted by atomic mass is 10.1. The number of ether oxygens (including phenoxy) is 2. The van der Waals surface area contributed by atoms with Gasteiger partial charge in [0.15, 0.2) is 5.78 Å². The first-order valence-electron chi connectivity index (χ1n) is 7.98. The SMILES string of the molecule is CCOc1ccc(OCC)c(C(=O)/C=C/c2ccc(C(=O)[O-])cc2)c1. The minimum atomic E-state index is -1.24. The highest BCUT2D eigenvalue weighted by Gasteiger charge is 2.12. The van der Waals surface area contributed by atoms with E-state index >= 15 is 0 Å². The molecule has 2 aromatic carbocycles. The second-order valence-corrected chi connectivity index (χ2v) is 5.13. The van der Waals surface area contributed by atoms with Crippen molar-refractivity contribution in [2.75, 3.05) is 13.2 Å². The van der Waals surface area contributed by atoms with Crippen molar-refractivity contribution < 1.29 is 24.2 Å². The Kier molecular flexibility index (Phi) is 6.34. The molecule has 0 N–H and O–H groups in total. The fraction of sp³-hybridized carbons (Fsp3) is 0.200. The summed E-state index contributed by atoms with van der Waals surface area (Å²) in [5.74, 6) is -0.372. The molecule has 2 rings (SSSR count). The van der Waals surface area contributed by atoms with Crippen LogP contribution in [0.1, 0.15) is 40.1 Å². The number of carboxylic acids is 1. The summed E-state index contributed by atoms with van der Waals surface area (Å²) >= 11 is 0. The number of rotatable bonds is 8. The van der Waals surface area contributed by atoms with Gasteiger partial charge in [-0.2, -0.15) is 0 Å². The third-order valence-electron chi connectivity index (χ3n) is 3.40. The molecule has 5 nitrogen and oxygen atoms in total. The summed E-state index contributed by atoms with van der Waals surface area (Å²) in [6.07, 6.45) is 3.03. The molecular formula is C20H19O5-. The number of ketones is 1. The van der Waals surface area contributed by atoms with Gasteiger partial charge in [-0.1, -0.05) is 30.3 Å². The molecule has 0 saturated heterocycles. The summed E-state index contributed by atoms with van der Waals surface area (Å²) in [5.41, 5.74) is 1.21. The molecule has 0 heterocycles. The van der Waals surface area contributed by atoms with Gasteiger partial charge in [-0.3, -0.25) is 4.79 Å². The van der Waals surface area contributed by atoms with Crippen molar-refractivity contribution in [1.82, 2.24) is 0 Å². The third kappa shape index (κ3) is 4.94. The molecular weight excluding hydrogens is 320 g/mol. The van der Waals surface area contributed by atoms with E-state index in [1.165, 1.54) is 18.2 Å². The molecule has 25 heavy (non-hydrogen) atoms. The van der Waals surface area contributed by atoms with Crippen molar-refractivity contribution in [1.29, 1.82) is 0 Å². The Labute approximate surface area is 146 Å². The Hall–Kier alpha value is -3.08. The summed E-state index contributed by atoms with van der Waals surface area (Å²) < 4.78 is 10.9. The van der Waals surface area contributed by atoms with Crippen LogP contribution in [0.15, 0.2) is 48.5 Å². The summed E-state index contributed by atoms with van der Waals surface area (Å²) in [7, 11) is 0. The average molecular weight is 339 g/mol. The van der Waals surface area contributed by atoms with Crippen LogP contribution in [-0.4, -0.2) is 25.0 Å². The number of carbonyl (C=O) groups is 2. The van der Waals surface area contributed by atoms with Crippen LogP contribution in [0, 0.1) is 0 Å². The number of carboxylic acid groups (broad SMARTS) is 1. The summed E-state index contributed by atoms with van der Waals surface area (Å²) in [5, 5.41) is 10.7. The normalized spacial score (nSPS) is 10.6. The van der Waals surface area contributed by atoms with Gasteiger partial charge in [-0.05, 0) is 49.2 Å². The minimum Gasteiger partial charge on any atom is -0.545 e. The van der Waals surface area contributed by atoms with Crippen molar-refractivity contribution >= 4 is 17.8 Å². The van der Waals surface area contributed by atoms with Crippen molar-refractivity contribution in [3.8, 4) is 11.5 Å². The lowest BCUT2D eigenvalue weighted by Gasteiger charge is -2.10. The Bertz CT molecular complexity index is 775. The first-order valence-corrected chi connectivity index (χ1v) is 7.98. The zero-order chi connectivity index (χ0) is 18.2. The van der Waals surface area contributed by atoms with E-state index in [2.05, 4.69) is 0 Å². The molecule has 0 amide bonds. The second kappa shape index (κ2) is 8.68. The zero-order valence-electron chi connectivity index (χ0n) is 14.2. The third-order valence-corrected chi connectivity index (χ3v) is 3.40. The molecule has 0 bridgehead atoms. The fourth-order valence-electron chi connectivity index (χ4n) is 2.23. The first kappa shape index (κ1) is 18.3. The minimum absolute atomic E-state index is 0.0894. The Morgan fingerprint density at radius 1 is 1.00 bits per heavy atom. The van der Waals surface area contributed by atoms with Crippen molar-refractivity contribution in [3.05, 3.63) is 65.2 Å². The maximum Gasteiger partial charge on any atom is 0.189 e. The highest BCUT2D eigenvalue weighted by molar-refractivity contribution is 6.09. The number of hydrogen-bond donors (Lipinski definition) is 0. The van der Waals surface area contributed by atoms with E-state index in [1.807, 2.05) is 13.8 Å². The Morgan fingerprint density at radius 2 is 1.68 bits per heavy atom. The molecule has 0 fully saturated rings. The molecule has 0 radical (unpaired) electrons. The number of carbonyl (C=O) groups excluding carboxylic acids is 2. The highest BCUT2D eigenvalue weighted by atomic mass is 16.5. The van der Waals surface area contributed by atoms with Gasteiger partial charge in [0.05, 0.1) is 24.7 Å².